The Hall–Kier alpha value is -0.940. The summed E-state index contributed by atoms with van der Waals surface area (Å²) in [6, 6.07) is 0. The Morgan fingerprint density at radius 1 is 1.69 bits per heavy atom. The quantitative estimate of drug-likeness (QED) is 0.698. The van der Waals surface area contributed by atoms with Crippen molar-refractivity contribution in [1.29, 1.82) is 0 Å². The minimum absolute atomic E-state index is 0.147. The van der Waals surface area contributed by atoms with Crippen molar-refractivity contribution in [3.05, 3.63) is 11.7 Å². The van der Waals surface area contributed by atoms with E-state index in [9.17, 15) is 0 Å². The van der Waals surface area contributed by atoms with E-state index in [1.807, 2.05) is 0 Å². The Balaban J connectivity index is 2.08. The second kappa shape index (κ2) is 3.43. The number of rotatable bonds is 2. The molecule has 0 spiro atoms. The molecule has 1 saturated heterocycles. The molecule has 0 radical (unpaired) electrons. The van der Waals surface area contributed by atoms with Crippen LogP contribution < -0.4 is 0 Å². The molecule has 0 saturated carbocycles. The highest BCUT2D eigenvalue weighted by molar-refractivity contribution is 4.97. The fourth-order valence-electron chi connectivity index (χ4n) is 1.63. The van der Waals surface area contributed by atoms with Gasteiger partial charge in [-0.05, 0) is 20.0 Å². The molecule has 1 aliphatic rings. The molecule has 1 aromatic heterocycles. The SMILES string of the molecule is CN1CCC(c2nc(CO)no2)C1. The van der Waals surface area contributed by atoms with E-state index in [2.05, 4.69) is 22.1 Å². The monoisotopic (exact) mass is 183 g/mol. The lowest BCUT2D eigenvalue weighted by molar-refractivity contribution is 0.262. The van der Waals surface area contributed by atoms with Gasteiger partial charge in [-0.25, -0.2) is 0 Å². The van der Waals surface area contributed by atoms with E-state index in [4.69, 9.17) is 9.63 Å². The number of aliphatic hydroxyl groups excluding tert-OH is 1. The van der Waals surface area contributed by atoms with Gasteiger partial charge in [0.05, 0.1) is 5.92 Å². The first kappa shape index (κ1) is 8.65. The van der Waals surface area contributed by atoms with Crippen molar-refractivity contribution in [2.75, 3.05) is 20.1 Å². The highest BCUT2D eigenvalue weighted by Gasteiger charge is 2.25. The summed E-state index contributed by atoms with van der Waals surface area (Å²) in [4.78, 5) is 6.32. The van der Waals surface area contributed by atoms with Gasteiger partial charge >= 0.3 is 0 Å². The van der Waals surface area contributed by atoms with Crippen molar-refractivity contribution in [2.24, 2.45) is 0 Å². The molecule has 1 atom stereocenters. The maximum absolute atomic E-state index is 8.75. The van der Waals surface area contributed by atoms with Gasteiger partial charge in [0.1, 0.15) is 6.61 Å². The Morgan fingerprint density at radius 3 is 3.08 bits per heavy atom. The predicted molar refractivity (Wildman–Crippen MR) is 45.1 cm³/mol. The molecule has 1 aromatic rings. The molecule has 0 aromatic carbocycles. The summed E-state index contributed by atoms with van der Waals surface area (Å²) in [5, 5.41) is 12.4. The van der Waals surface area contributed by atoms with E-state index in [0.29, 0.717) is 17.6 Å². The maximum Gasteiger partial charge on any atom is 0.231 e. The smallest absolute Gasteiger partial charge is 0.231 e. The van der Waals surface area contributed by atoms with Crippen molar-refractivity contribution in [3.63, 3.8) is 0 Å². The molecule has 2 rings (SSSR count). The van der Waals surface area contributed by atoms with Crippen LogP contribution in [0.1, 0.15) is 24.1 Å². The van der Waals surface area contributed by atoms with Gasteiger partial charge in [-0.3, -0.25) is 0 Å². The first-order chi connectivity index (χ1) is 6.29. The van der Waals surface area contributed by atoms with Gasteiger partial charge in [-0.1, -0.05) is 5.16 Å². The first-order valence-corrected chi connectivity index (χ1v) is 4.41. The molecule has 5 heteroatoms. The summed E-state index contributed by atoms with van der Waals surface area (Å²) in [6.45, 7) is 1.89. The van der Waals surface area contributed by atoms with E-state index in [0.717, 1.165) is 19.5 Å². The Bertz CT molecular complexity index is 287. The largest absolute Gasteiger partial charge is 0.388 e. The second-order valence-electron chi connectivity index (χ2n) is 3.45. The van der Waals surface area contributed by atoms with Gasteiger partial charge in [0.25, 0.3) is 0 Å². The molecule has 1 fully saturated rings. The van der Waals surface area contributed by atoms with Crippen LogP contribution in [0.25, 0.3) is 0 Å². The Labute approximate surface area is 76.4 Å². The molecular formula is C8H13N3O2. The minimum atomic E-state index is -0.147. The average molecular weight is 183 g/mol. The van der Waals surface area contributed by atoms with Crippen LogP contribution in [0, 0.1) is 0 Å². The molecule has 1 N–H and O–H groups in total. The average Bonchev–Trinajstić information content (AvgIpc) is 2.71. The molecule has 5 nitrogen and oxygen atoms in total. The van der Waals surface area contributed by atoms with Crippen LogP contribution in [0.4, 0.5) is 0 Å². The van der Waals surface area contributed by atoms with Gasteiger partial charge in [0.15, 0.2) is 5.82 Å². The van der Waals surface area contributed by atoms with Crippen molar-refractivity contribution >= 4 is 0 Å². The van der Waals surface area contributed by atoms with Gasteiger partial charge in [-0.15, -0.1) is 0 Å². The van der Waals surface area contributed by atoms with Crippen LogP contribution >= 0.6 is 0 Å². The standard InChI is InChI=1S/C8H13N3O2/c1-11-3-2-6(4-11)8-9-7(5-12)10-13-8/h6,12H,2-5H2,1H3. The zero-order valence-electron chi connectivity index (χ0n) is 7.60. The number of hydrogen-bond acceptors (Lipinski definition) is 5. The van der Waals surface area contributed by atoms with Crippen molar-refractivity contribution < 1.29 is 9.63 Å². The lowest BCUT2D eigenvalue weighted by atomic mass is 10.1. The summed E-state index contributed by atoms with van der Waals surface area (Å²) in [5.74, 6) is 1.38. The van der Waals surface area contributed by atoms with Gasteiger partial charge < -0.3 is 14.5 Å². The molecule has 0 amide bonds. The van der Waals surface area contributed by atoms with Crippen molar-refractivity contribution in [3.8, 4) is 0 Å². The highest BCUT2D eigenvalue weighted by atomic mass is 16.5. The van der Waals surface area contributed by atoms with Crippen LogP contribution in [0.5, 0.6) is 0 Å². The summed E-state index contributed by atoms with van der Waals surface area (Å²) in [6.07, 6.45) is 1.06. The van der Waals surface area contributed by atoms with Crippen LogP contribution in [0.3, 0.4) is 0 Å². The van der Waals surface area contributed by atoms with Crippen LogP contribution in [0.15, 0.2) is 4.52 Å². The van der Waals surface area contributed by atoms with E-state index in [1.165, 1.54) is 0 Å². The van der Waals surface area contributed by atoms with E-state index in [1.54, 1.807) is 0 Å². The zero-order valence-corrected chi connectivity index (χ0v) is 7.60. The van der Waals surface area contributed by atoms with Gasteiger partial charge in [0.2, 0.25) is 5.89 Å². The van der Waals surface area contributed by atoms with Crippen LogP contribution in [0.2, 0.25) is 0 Å². The number of hydrogen-bond donors (Lipinski definition) is 1. The van der Waals surface area contributed by atoms with E-state index in [-0.39, 0.29) is 6.61 Å². The van der Waals surface area contributed by atoms with Gasteiger partial charge in [0, 0.05) is 6.54 Å². The summed E-state index contributed by atoms with van der Waals surface area (Å²) >= 11 is 0. The number of likely N-dealkylation sites (N-methyl/N-ethyl adjacent to an activating group) is 1. The Kier molecular flexibility index (Phi) is 2.28. The number of nitrogens with zero attached hydrogens (tertiary/aromatic N) is 3. The first-order valence-electron chi connectivity index (χ1n) is 4.41. The maximum atomic E-state index is 8.75. The molecule has 72 valence electrons. The second-order valence-corrected chi connectivity index (χ2v) is 3.45. The fourth-order valence-corrected chi connectivity index (χ4v) is 1.63. The van der Waals surface area contributed by atoms with E-state index < -0.39 is 0 Å². The lowest BCUT2D eigenvalue weighted by Gasteiger charge is -2.04. The predicted octanol–water partition coefficient (Wildman–Crippen LogP) is -0.0190. The topological polar surface area (TPSA) is 62.4 Å². The van der Waals surface area contributed by atoms with Crippen LogP contribution in [-0.4, -0.2) is 40.3 Å². The molecule has 1 unspecified atom stereocenters. The van der Waals surface area contributed by atoms with Crippen LogP contribution in [-0.2, 0) is 6.61 Å². The zero-order chi connectivity index (χ0) is 9.26. The van der Waals surface area contributed by atoms with Crippen molar-refractivity contribution in [1.82, 2.24) is 15.0 Å². The number of aromatic nitrogens is 2. The summed E-state index contributed by atoms with van der Waals surface area (Å²) in [5.41, 5.74) is 0. The normalized spacial score (nSPS) is 24.0. The summed E-state index contributed by atoms with van der Waals surface area (Å²) < 4.78 is 5.04. The fraction of sp³-hybridized carbons (Fsp3) is 0.750. The van der Waals surface area contributed by atoms with Crippen molar-refractivity contribution in [2.45, 2.75) is 18.9 Å². The number of aliphatic hydroxyl groups is 1. The molecular weight excluding hydrogens is 170 g/mol. The lowest BCUT2D eigenvalue weighted by Crippen LogP contribution is -2.13. The summed E-state index contributed by atoms with van der Waals surface area (Å²) in [7, 11) is 2.07. The third-order valence-electron chi connectivity index (χ3n) is 2.37. The highest BCUT2D eigenvalue weighted by Crippen LogP contribution is 2.24. The number of likely N-dealkylation sites (tertiary alicyclic amines) is 1. The van der Waals surface area contributed by atoms with Gasteiger partial charge in [-0.2, -0.15) is 4.98 Å². The molecule has 0 aliphatic carbocycles. The third kappa shape index (κ3) is 1.71. The Morgan fingerprint density at radius 2 is 2.54 bits per heavy atom. The minimum Gasteiger partial charge on any atom is -0.388 e. The molecule has 13 heavy (non-hydrogen) atoms. The molecule has 1 aliphatic heterocycles. The third-order valence-corrected chi connectivity index (χ3v) is 2.37. The van der Waals surface area contributed by atoms with E-state index >= 15 is 0 Å². The molecule has 0 bridgehead atoms. The molecule has 2 heterocycles.